The summed E-state index contributed by atoms with van der Waals surface area (Å²) in [5, 5.41) is 0. The van der Waals surface area contributed by atoms with E-state index in [1.807, 2.05) is 13.8 Å². The Kier molecular flexibility index (Phi) is 8.68. The Morgan fingerprint density at radius 2 is 2.00 bits per heavy atom. The maximum atomic E-state index is 11.5. The van der Waals surface area contributed by atoms with Crippen LogP contribution in [-0.2, 0) is 9.53 Å². The molecule has 0 heterocycles. The third kappa shape index (κ3) is 8.86. The summed E-state index contributed by atoms with van der Waals surface area (Å²) in [6.45, 7) is 7.55. The van der Waals surface area contributed by atoms with Crippen molar-refractivity contribution in [1.82, 2.24) is 0 Å². The molecule has 0 amide bonds. The van der Waals surface area contributed by atoms with E-state index in [1.165, 1.54) is 4.90 Å². The number of hydrogen-bond donors (Lipinski definition) is 1. The van der Waals surface area contributed by atoms with Crippen molar-refractivity contribution in [3.63, 3.8) is 0 Å². The molecular formula is C13H27N2O2+. The zero-order chi connectivity index (χ0) is 13.3. The Bertz CT molecular complexity index is 248. The van der Waals surface area contributed by atoms with Gasteiger partial charge in [-0.1, -0.05) is 20.8 Å². The fourth-order valence-electron chi connectivity index (χ4n) is 1.25. The molecule has 0 fully saturated rings. The molecule has 0 atom stereocenters. The van der Waals surface area contributed by atoms with Crippen molar-refractivity contribution in [1.29, 1.82) is 0 Å². The second kappa shape index (κ2) is 9.16. The fraction of sp³-hybridized carbons (Fsp3) is 0.846. The number of rotatable bonds is 7. The second-order valence-corrected chi connectivity index (χ2v) is 4.91. The van der Waals surface area contributed by atoms with Crippen molar-refractivity contribution in [3.8, 4) is 0 Å². The summed E-state index contributed by atoms with van der Waals surface area (Å²) < 4.78 is 5.26. The minimum atomic E-state index is -0.185. The number of quaternary nitrogens is 1. The first-order valence-electron chi connectivity index (χ1n) is 6.51. The number of hydrogen-bond acceptors (Lipinski definition) is 3. The zero-order valence-corrected chi connectivity index (χ0v) is 11.9. The van der Waals surface area contributed by atoms with E-state index < -0.39 is 0 Å². The van der Waals surface area contributed by atoms with Gasteiger partial charge >= 0.3 is 5.97 Å². The monoisotopic (exact) mass is 243 g/mol. The van der Waals surface area contributed by atoms with E-state index >= 15 is 0 Å². The normalized spacial score (nSPS) is 12.3. The van der Waals surface area contributed by atoms with Gasteiger partial charge in [-0.15, -0.1) is 0 Å². The number of aliphatic imine (C=N–C) groups is 1. The van der Waals surface area contributed by atoms with Gasteiger partial charge in [0.15, 0.2) is 5.90 Å². The van der Waals surface area contributed by atoms with Crippen LogP contribution in [0.4, 0.5) is 0 Å². The largest absolute Gasteiger partial charge is 0.412 e. The molecule has 4 heteroatoms. The molecule has 0 aromatic carbocycles. The van der Waals surface area contributed by atoms with Crippen molar-refractivity contribution in [2.45, 2.75) is 40.0 Å². The molecular weight excluding hydrogens is 216 g/mol. The molecule has 0 aromatic heterocycles. The van der Waals surface area contributed by atoms with Crippen molar-refractivity contribution in [2.24, 2.45) is 10.9 Å². The average Bonchev–Trinajstić information content (AvgIpc) is 2.23. The van der Waals surface area contributed by atoms with Gasteiger partial charge in [-0.05, 0) is 6.42 Å². The standard InChI is InChI=1S/C13H26N2O2/c1-6-8-12(17-13(16)11(2)3)14-9-7-10-15(4)5/h11H,6-10H2,1-5H3/p+1. The lowest BCUT2D eigenvalue weighted by atomic mass is 10.2. The van der Waals surface area contributed by atoms with Crippen LogP contribution in [-0.4, -0.2) is 39.1 Å². The highest BCUT2D eigenvalue weighted by Gasteiger charge is 2.11. The Balaban J connectivity index is 4.12. The summed E-state index contributed by atoms with van der Waals surface area (Å²) >= 11 is 0. The van der Waals surface area contributed by atoms with Crippen LogP contribution in [0.5, 0.6) is 0 Å². The average molecular weight is 243 g/mol. The van der Waals surface area contributed by atoms with E-state index in [-0.39, 0.29) is 11.9 Å². The molecule has 0 aliphatic heterocycles. The van der Waals surface area contributed by atoms with E-state index in [2.05, 4.69) is 26.0 Å². The van der Waals surface area contributed by atoms with E-state index in [0.717, 1.165) is 32.4 Å². The molecule has 100 valence electrons. The molecule has 0 aliphatic rings. The van der Waals surface area contributed by atoms with Gasteiger partial charge in [0.1, 0.15) is 0 Å². The van der Waals surface area contributed by atoms with E-state index in [1.54, 1.807) is 0 Å². The number of carbonyl (C=O) groups excluding carboxylic acids is 1. The molecule has 0 saturated carbocycles. The number of carbonyl (C=O) groups is 1. The van der Waals surface area contributed by atoms with Gasteiger partial charge < -0.3 is 9.64 Å². The molecule has 0 aliphatic carbocycles. The van der Waals surface area contributed by atoms with Crippen LogP contribution in [0.15, 0.2) is 4.99 Å². The van der Waals surface area contributed by atoms with Crippen molar-refractivity contribution >= 4 is 11.9 Å². The lowest BCUT2D eigenvalue weighted by Gasteiger charge is -2.09. The van der Waals surface area contributed by atoms with Crippen LogP contribution < -0.4 is 4.90 Å². The maximum absolute atomic E-state index is 11.5. The number of nitrogens with one attached hydrogen (secondary N) is 1. The summed E-state index contributed by atoms with van der Waals surface area (Å²) in [6, 6.07) is 0. The Morgan fingerprint density at radius 1 is 1.35 bits per heavy atom. The highest BCUT2D eigenvalue weighted by atomic mass is 16.5. The minimum absolute atomic E-state index is 0.0942. The summed E-state index contributed by atoms with van der Waals surface area (Å²) in [5.41, 5.74) is 0. The van der Waals surface area contributed by atoms with Gasteiger partial charge in [0.25, 0.3) is 0 Å². The third-order valence-electron chi connectivity index (χ3n) is 2.28. The van der Waals surface area contributed by atoms with Crippen molar-refractivity contribution in [2.75, 3.05) is 27.2 Å². The SMILES string of the molecule is CCCC(=NCCC[NH+](C)C)OC(=O)C(C)C. The molecule has 0 spiro atoms. The van der Waals surface area contributed by atoms with E-state index in [4.69, 9.17) is 4.74 Å². The van der Waals surface area contributed by atoms with Crippen LogP contribution in [0.3, 0.4) is 0 Å². The maximum Gasteiger partial charge on any atom is 0.314 e. The first-order chi connectivity index (χ1) is 7.97. The van der Waals surface area contributed by atoms with Crippen LogP contribution in [0.25, 0.3) is 0 Å². The topological polar surface area (TPSA) is 43.1 Å². The smallest absolute Gasteiger partial charge is 0.314 e. The van der Waals surface area contributed by atoms with Crippen molar-refractivity contribution < 1.29 is 14.4 Å². The Morgan fingerprint density at radius 3 is 2.47 bits per heavy atom. The minimum Gasteiger partial charge on any atom is -0.412 e. The molecule has 0 saturated heterocycles. The molecule has 17 heavy (non-hydrogen) atoms. The lowest BCUT2D eigenvalue weighted by molar-refractivity contribution is -0.858. The van der Waals surface area contributed by atoms with Crippen molar-refractivity contribution in [3.05, 3.63) is 0 Å². The van der Waals surface area contributed by atoms with Crippen LogP contribution in [0, 0.1) is 5.92 Å². The summed E-state index contributed by atoms with van der Waals surface area (Å²) in [7, 11) is 4.24. The van der Waals surface area contributed by atoms with Crippen LogP contribution in [0.2, 0.25) is 0 Å². The van der Waals surface area contributed by atoms with Crippen LogP contribution in [0.1, 0.15) is 40.0 Å². The summed E-state index contributed by atoms with van der Waals surface area (Å²) in [5.74, 6) is 0.318. The highest BCUT2D eigenvalue weighted by Crippen LogP contribution is 2.02. The van der Waals surface area contributed by atoms with E-state index in [9.17, 15) is 4.79 Å². The lowest BCUT2D eigenvalue weighted by Crippen LogP contribution is -3.05. The van der Waals surface area contributed by atoms with Gasteiger partial charge in [0.2, 0.25) is 0 Å². The molecule has 0 rings (SSSR count). The fourth-order valence-corrected chi connectivity index (χ4v) is 1.25. The molecule has 0 aromatic rings. The zero-order valence-electron chi connectivity index (χ0n) is 11.9. The van der Waals surface area contributed by atoms with Gasteiger partial charge in [-0.2, -0.15) is 0 Å². The molecule has 0 unspecified atom stereocenters. The van der Waals surface area contributed by atoms with Gasteiger partial charge in [0.05, 0.1) is 26.6 Å². The molecule has 1 N–H and O–H groups in total. The van der Waals surface area contributed by atoms with Gasteiger partial charge in [-0.25, -0.2) is 0 Å². The quantitative estimate of drug-likeness (QED) is 0.313. The first kappa shape index (κ1) is 16.1. The predicted octanol–water partition coefficient (Wildman–Crippen LogP) is 0.919. The van der Waals surface area contributed by atoms with Gasteiger partial charge in [-0.3, -0.25) is 9.79 Å². The third-order valence-corrected chi connectivity index (χ3v) is 2.28. The molecule has 0 radical (unpaired) electrons. The molecule has 0 bridgehead atoms. The van der Waals surface area contributed by atoms with Gasteiger partial charge in [0, 0.05) is 19.4 Å². The number of esters is 1. The Hall–Kier alpha value is -0.900. The number of nitrogens with zero attached hydrogens (tertiary/aromatic N) is 1. The number of ether oxygens (including phenoxy) is 1. The summed E-state index contributed by atoms with van der Waals surface area (Å²) in [4.78, 5) is 17.2. The second-order valence-electron chi connectivity index (χ2n) is 4.91. The van der Waals surface area contributed by atoms with E-state index in [0.29, 0.717) is 5.90 Å². The first-order valence-corrected chi connectivity index (χ1v) is 6.51. The molecule has 4 nitrogen and oxygen atoms in total. The summed E-state index contributed by atoms with van der Waals surface area (Å²) in [6.07, 6.45) is 2.71. The van der Waals surface area contributed by atoms with Crippen LogP contribution >= 0.6 is 0 Å². The highest BCUT2D eigenvalue weighted by molar-refractivity contribution is 5.89. The predicted molar refractivity (Wildman–Crippen MR) is 70.4 cm³/mol. The Labute approximate surface area is 105 Å².